The molecule has 0 aliphatic carbocycles. The average Bonchev–Trinajstić information content (AvgIpc) is 2.27. The van der Waals surface area contributed by atoms with Crippen LogP contribution in [-0.2, 0) is 4.79 Å². The molecule has 0 saturated carbocycles. The van der Waals surface area contributed by atoms with Gasteiger partial charge in [0, 0.05) is 14.8 Å². The fourth-order valence-corrected chi connectivity index (χ4v) is 1.93. The van der Waals surface area contributed by atoms with Crippen LogP contribution < -0.4 is 16.4 Å². The molecule has 0 radical (unpaired) electrons. The quantitative estimate of drug-likeness (QED) is 0.553. The highest BCUT2D eigenvalue weighted by atomic mass is 127. The summed E-state index contributed by atoms with van der Waals surface area (Å²) in [5.74, 6) is -0.579. The van der Waals surface area contributed by atoms with Crippen molar-refractivity contribution in [1.29, 1.82) is 0 Å². The minimum Gasteiger partial charge on any atom is -0.398 e. The molecule has 0 aliphatic heterocycles. The second kappa shape index (κ2) is 6.23. The molecule has 1 aromatic carbocycles. The van der Waals surface area contributed by atoms with Crippen molar-refractivity contribution in [3.05, 3.63) is 27.3 Å². The summed E-state index contributed by atoms with van der Waals surface area (Å²) < 4.78 is 0.913. The van der Waals surface area contributed by atoms with E-state index in [1.807, 2.05) is 26.8 Å². The number of carbonyl (C=O) groups is 2. The normalized spacial score (nSPS) is 10.9. The molecule has 0 aliphatic rings. The van der Waals surface area contributed by atoms with Gasteiger partial charge in [-0.05, 0) is 61.6 Å². The van der Waals surface area contributed by atoms with Crippen LogP contribution in [0.3, 0.4) is 0 Å². The van der Waals surface area contributed by atoms with Crippen molar-refractivity contribution in [3.63, 3.8) is 0 Å². The Morgan fingerprint density at radius 2 is 1.95 bits per heavy atom. The molecule has 0 aromatic heterocycles. The standard InChI is InChI=1S/C13H18IN3O2/c1-13(2,3)17-11(18)7-16-12(19)9-6-8(14)4-5-10(9)15/h4-6H,7,15H2,1-3H3,(H,16,19)(H,17,18). The number of hydrogen-bond acceptors (Lipinski definition) is 3. The van der Waals surface area contributed by atoms with Crippen LogP contribution >= 0.6 is 22.6 Å². The molecule has 0 bridgehead atoms. The van der Waals surface area contributed by atoms with Gasteiger partial charge in [0.15, 0.2) is 0 Å². The van der Waals surface area contributed by atoms with Crippen molar-refractivity contribution in [2.24, 2.45) is 0 Å². The summed E-state index contributed by atoms with van der Waals surface area (Å²) in [5.41, 5.74) is 6.20. The molecule has 2 amide bonds. The molecule has 1 rings (SSSR count). The average molecular weight is 375 g/mol. The summed E-state index contributed by atoms with van der Waals surface area (Å²) in [4.78, 5) is 23.5. The van der Waals surface area contributed by atoms with E-state index < -0.39 is 0 Å². The van der Waals surface area contributed by atoms with E-state index in [1.165, 1.54) is 0 Å². The highest BCUT2D eigenvalue weighted by Gasteiger charge is 2.15. The Labute approximate surface area is 126 Å². The predicted octanol–water partition coefficient (Wildman–Crippen LogP) is 1.52. The molecule has 4 N–H and O–H groups in total. The number of halogens is 1. The summed E-state index contributed by atoms with van der Waals surface area (Å²) in [5, 5.41) is 5.32. The largest absolute Gasteiger partial charge is 0.398 e. The first kappa shape index (κ1) is 15.7. The monoisotopic (exact) mass is 375 g/mol. The van der Waals surface area contributed by atoms with Gasteiger partial charge in [-0.15, -0.1) is 0 Å². The molecule has 6 heteroatoms. The third-order valence-electron chi connectivity index (χ3n) is 2.18. The van der Waals surface area contributed by atoms with E-state index in [2.05, 4.69) is 33.2 Å². The van der Waals surface area contributed by atoms with Crippen LogP contribution in [0, 0.1) is 3.57 Å². The molecular formula is C13H18IN3O2. The SMILES string of the molecule is CC(C)(C)NC(=O)CNC(=O)c1cc(I)ccc1N. The zero-order valence-electron chi connectivity index (χ0n) is 11.2. The molecule has 19 heavy (non-hydrogen) atoms. The molecule has 104 valence electrons. The summed E-state index contributed by atoms with van der Waals surface area (Å²) in [6.45, 7) is 5.57. The minimum absolute atomic E-state index is 0.0684. The zero-order valence-corrected chi connectivity index (χ0v) is 13.4. The molecule has 0 unspecified atom stereocenters. The van der Waals surface area contributed by atoms with Crippen molar-refractivity contribution in [1.82, 2.24) is 10.6 Å². The Hall–Kier alpha value is -1.31. The first-order chi connectivity index (χ1) is 8.69. The third-order valence-corrected chi connectivity index (χ3v) is 2.85. The van der Waals surface area contributed by atoms with Crippen LogP contribution in [0.5, 0.6) is 0 Å². The minimum atomic E-state index is -0.347. The van der Waals surface area contributed by atoms with Crippen LogP contribution in [0.2, 0.25) is 0 Å². The van der Waals surface area contributed by atoms with Crippen molar-refractivity contribution >= 4 is 40.1 Å². The summed E-state index contributed by atoms with van der Waals surface area (Å²) in [6.07, 6.45) is 0. The summed E-state index contributed by atoms with van der Waals surface area (Å²) in [7, 11) is 0. The lowest BCUT2D eigenvalue weighted by Gasteiger charge is -2.20. The number of rotatable bonds is 3. The Morgan fingerprint density at radius 3 is 2.53 bits per heavy atom. The second-order valence-electron chi connectivity index (χ2n) is 5.21. The number of hydrogen-bond donors (Lipinski definition) is 3. The van der Waals surface area contributed by atoms with Gasteiger partial charge in [-0.3, -0.25) is 9.59 Å². The molecule has 0 heterocycles. The number of benzene rings is 1. The van der Waals surface area contributed by atoms with Crippen LogP contribution in [0.25, 0.3) is 0 Å². The number of nitrogens with two attached hydrogens (primary N) is 1. The highest BCUT2D eigenvalue weighted by Crippen LogP contribution is 2.15. The van der Waals surface area contributed by atoms with Gasteiger partial charge in [0.2, 0.25) is 5.91 Å². The van der Waals surface area contributed by atoms with Crippen molar-refractivity contribution < 1.29 is 9.59 Å². The van der Waals surface area contributed by atoms with E-state index in [1.54, 1.807) is 12.1 Å². The van der Waals surface area contributed by atoms with Gasteiger partial charge in [-0.25, -0.2) is 0 Å². The number of nitrogens with one attached hydrogen (secondary N) is 2. The maximum atomic E-state index is 11.9. The fraction of sp³-hybridized carbons (Fsp3) is 0.385. The van der Waals surface area contributed by atoms with E-state index in [0.717, 1.165) is 3.57 Å². The van der Waals surface area contributed by atoms with Gasteiger partial charge in [0.05, 0.1) is 12.1 Å². The molecule has 5 nitrogen and oxygen atoms in total. The molecular weight excluding hydrogens is 357 g/mol. The molecule has 0 atom stereocenters. The topological polar surface area (TPSA) is 84.2 Å². The van der Waals surface area contributed by atoms with E-state index in [0.29, 0.717) is 11.3 Å². The Kier molecular flexibility index (Phi) is 5.16. The van der Waals surface area contributed by atoms with E-state index >= 15 is 0 Å². The first-order valence-electron chi connectivity index (χ1n) is 5.83. The van der Waals surface area contributed by atoms with Crippen LogP contribution in [-0.4, -0.2) is 23.9 Å². The third kappa shape index (κ3) is 5.46. The molecule has 0 fully saturated rings. The Balaban J connectivity index is 2.61. The number of carbonyl (C=O) groups excluding carboxylic acids is 2. The smallest absolute Gasteiger partial charge is 0.253 e. The zero-order chi connectivity index (χ0) is 14.6. The number of nitrogen functional groups attached to an aromatic ring is 1. The van der Waals surface area contributed by atoms with Gasteiger partial charge in [-0.2, -0.15) is 0 Å². The maximum absolute atomic E-state index is 11.9. The van der Waals surface area contributed by atoms with Crippen LogP contribution in [0.4, 0.5) is 5.69 Å². The van der Waals surface area contributed by atoms with Gasteiger partial charge in [0.1, 0.15) is 0 Å². The van der Waals surface area contributed by atoms with E-state index in [9.17, 15) is 9.59 Å². The summed E-state index contributed by atoms with van der Waals surface area (Å²) in [6, 6.07) is 5.18. The van der Waals surface area contributed by atoms with Crippen molar-refractivity contribution in [2.75, 3.05) is 12.3 Å². The van der Waals surface area contributed by atoms with Gasteiger partial charge in [-0.1, -0.05) is 0 Å². The van der Waals surface area contributed by atoms with Crippen LogP contribution in [0.15, 0.2) is 18.2 Å². The highest BCUT2D eigenvalue weighted by molar-refractivity contribution is 14.1. The van der Waals surface area contributed by atoms with E-state index in [4.69, 9.17) is 5.73 Å². The summed E-state index contributed by atoms with van der Waals surface area (Å²) >= 11 is 2.10. The Bertz CT molecular complexity index is 495. The van der Waals surface area contributed by atoms with Crippen LogP contribution in [0.1, 0.15) is 31.1 Å². The number of anilines is 1. The fourth-order valence-electron chi connectivity index (χ4n) is 1.44. The lowest BCUT2D eigenvalue weighted by atomic mass is 10.1. The van der Waals surface area contributed by atoms with Crippen molar-refractivity contribution in [2.45, 2.75) is 26.3 Å². The van der Waals surface area contributed by atoms with Gasteiger partial charge in [0.25, 0.3) is 5.91 Å². The predicted molar refractivity (Wildman–Crippen MR) is 83.8 cm³/mol. The maximum Gasteiger partial charge on any atom is 0.253 e. The van der Waals surface area contributed by atoms with E-state index in [-0.39, 0.29) is 23.9 Å². The second-order valence-corrected chi connectivity index (χ2v) is 6.46. The lowest BCUT2D eigenvalue weighted by molar-refractivity contribution is -0.121. The molecule has 0 spiro atoms. The number of amides is 2. The Morgan fingerprint density at radius 1 is 1.32 bits per heavy atom. The van der Waals surface area contributed by atoms with Gasteiger partial charge >= 0.3 is 0 Å². The molecule has 0 saturated heterocycles. The molecule has 1 aromatic rings. The lowest BCUT2D eigenvalue weighted by Crippen LogP contribution is -2.45. The first-order valence-corrected chi connectivity index (χ1v) is 6.91. The van der Waals surface area contributed by atoms with Crippen molar-refractivity contribution in [3.8, 4) is 0 Å². The van der Waals surface area contributed by atoms with Gasteiger partial charge < -0.3 is 16.4 Å².